The summed E-state index contributed by atoms with van der Waals surface area (Å²) >= 11 is 3.33. The van der Waals surface area contributed by atoms with Crippen LogP contribution in [0.5, 0.6) is 0 Å². The number of hydrogen-bond acceptors (Lipinski definition) is 2. The summed E-state index contributed by atoms with van der Waals surface area (Å²) in [7, 11) is 1.78. The zero-order chi connectivity index (χ0) is 16.1. The molecule has 4 nitrogen and oxygen atoms in total. The van der Waals surface area contributed by atoms with E-state index in [0.717, 1.165) is 4.47 Å². The van der Waals surface area contributed by atoms with Gasteiger partial charge in [0.25, 0.3) is 0 Å². The van der Waals surface area contributed by atoms with E-state index in [0.29, 0.717) is 10.5 Å². The van der Waals surface area contributed by atoms with Gasteiger partial charge in [0, 0.05) is 24.1 Å². The molecule has 0 saturated carbocycles. The average molecular weight is 379 g/mol. The fraction of sp³-hybridized carbons (Fsp3) is 0.125. The van der Waals surface area contributed by atoms with Gasteiger partial charge in [-0.3, -0.25) is 4.79 Å². The lowest BCUT2D eigenvalue weighted by atomic mass is 10.1. The molecule has 0 aliphatic rings. The third kappa shape index (κ3) is 4.11. The van der Waals surface area contributed by atoms with E-state index in [1.807, 2.05) is 6.07 Å². The smallest absolute Gasteiger partial charge is 0.228 e. The topological polar surface area (TPSA) is 49.7 Å². The number of halogens is 1. The highest BCUT2D eigenvalue weighted by Crippen LogP contribution is 2.15. The van der Waals surface area contributed by atoms with E-state index in [2.05, 4.69) is 20.3 Å². The molecule has 0 amide bonds. The normalized spacial score (nSPS) is 12.8. The first-order valence-corrected chi connectivity index (χ1v) is 8.42. The van der Waals surface area contributed by atoms with Gasteiger partial charge in [-0.25, -0.2) is 4.21 Å². The second kappa shape index (κ2) is 7.47. The van der Waals surface area contributed by atoms with Crippen LogP contribution in [0.4, 0.5) is 0 Å². The Balaban J connectivity index is 2.33. The summed E-state index contributed by atoms with van der Waals surface area (Å²) < 4.78 is 17.3. The molecule has 0 fully saturated rings. The van der Waals surface area contributed by atoms with Gasteiger partial charge in [0.2, 0.25) is 5.78 Å². The molecule has 22 heavy (non-hydrogen) atoms. The Hall–Kier alpha value is -1.79. The Morgan fingerprint density at radius 3 is 2.18 bits per heavy atom. The molecule has 0 unspecified atom stereocenters. The van der Waals surface area contributed by atoms with Crippen molar-refractivity contribution in [3.05, 3.63) is 64.6 Å². The first-order chi connectivity index (χ1) is 10.5. The third-order valence-electron chi connectivity index (χ3n) is 2.85. The van der Waals surface area contributed by atoms with Crippen LogP contribution in [0.3, 0.4) is 0 Å². The number of ketones is 1. The first-order valence-electron chi connectivity index (χ1n) is 6.52. The van der Waals surface area contributed by atoms with Crippen molar-refractivity contribution in [2.75, 3.05) is 14.1 Å². The van der Waals surface area contributed by atoms with Crippen LogP contribution < -0.4 is 0 Å². The van der Waals surface area contributed by atoms with Crippen LogP contribution in [0.25, 0.3) is 0 Å². The molecular formula is C16H15BrN2O2S. The highest BCUT2D eigenvalue weighted by Gasteiger charge is 2.17. The third-order valence-corrected chi connectivity index (χ3v) is 4.39. The Bertz CT molecular complexity index is 713. The second-order valence-electron chi connectivity index (χ2n) is 4.71. The van der Waals surface area contributed by atoms with Crippen molar-refractivity contribution in [2.45, 2.75) is 4.90 Å². The number of hydrogen-bond donors (Lipinski definition) is 0. The fourth-order valence-corrected chi connectivity index (χ4v) is 2.87. The number of nitrogens with zero attached hydrogens (tertiary/aromatic N) is 2. The van der Waals surface area contributed by atoms with Crippen LogP contribution in [0, 0.1) is 0 Å². The molecule has 1 atom stereocenters. The number of carbonyl (C=O) groups excluding carboxylic acids is 1. The Labute approximate surface area is 140 Å². The van der Waals surface area contributed by atoms with Gasteiger partial charge in [-0.15, -0.1) is 0 Å². The highest BCUT2D eigenvalue weighted by atomic mass is 79.9. The standard InChI is InChI=1S/C16H15BrN2O2S/c1-19(2)16(15(20)12-6-4-3-5-7-12)18-22(21)14-10-8-13(17)9-11-14/h3-11H,1-2H3/b18-16+/t22-/m1/s1. The summed E-state index contributed by atoms with van der Waals surface area (Å²) in [5.74, 6) is -0.0940. The summed E-state index contributed by atoms with van der Waals surface area (Å²) in [5.41, 5.74) is 0.516. The van der Waals surface area contributed by atoms with E-state index < -0.39 is 11.0 Å². The number of amidine groups is 1. The van der Waals surface area contributed by atoms with Crippen molar-refractivity contribution in [3.8, 4) is 0 Å². The van der Waals surface area contributed by atoms with E-state index in [1.165, 1.54) is 0 Å². The SMILES string of the molecule is CN(C)/C(=N/[S@](=O)c1ccc(Br)cc1)C(=O)c1ccccc1. The largest absolute Gasteiger partial charge is 0.359 e. The second-order valence-corrected chi connectivity index (χ2v) is 6.78. The predicted octanol–water partition coefficient (Wildman–Crippen LogP) is 3.31. The zero-order valence-electron chi connectivity index (χ0n) is 12.2. The van der Waals surface area contributed by atoms with Crippen LogP contribution >= 0.6 is 15.9 Å². The maximum atomic E-state index is 12.5. The van der Waals surface area contributed by atoms with Crippen LogP contribution in [0.1, 0.15) is 10.4 Å². The lowest BCUT2D eigenvalue weighted by Gasteiger charge is -2.14. The molecule has 2 rings (SSSR count). The van der Waals surface area contributed by atoms with Crippen LogP contribution in [-0.4, -0.2) is 34.8 Å². The van der Waals surface area contributed by atoms with Crippen molar-refractivity contribution in [1.29, 1.82) is 0 Å². The maximum Gasteiger partial charge on any atom is 0.228 e. The quantitative estimate of drug-likeness (QED) is 0.465. The summed E-state index contributed by atoms with van der Waals surface area (Å²) in [6.07, 6.45) is 0. The minimum Gasteiger partial charge on any atom is -0.359 e. The summed E-state index contributed by atoms with van der Waals surface area (Å²) in [4.78, 5) is 14.6. The molecule has 0 aliphatic heterocycles. The fourth-order valence-electron chi connectivity index (χ4n) is 1.73. The van der Waals surface area contributed by atoms with Crippen molar-refractivity contribution < 1.29 is 9.00 Å². The number of rotatable bonds is 4. The average Bonchev–Trinajstić information content (AvgIpc) is 2.53. The molecule has 114 valence electrons. The Kier molecular flexibility index (Phi) is 5.63. The summed E-state index contributed by atoms with van der Waals surface area (Å²) in [6.45, 7) is 0. The van der Waals surface area contributed by atoms with Crippen molar-refractivity contribution in [3.63, 3.8) is 0 Å². The molecule has 6 heteroatoms. The molecule has 0 N–H and O–H groups in total. The maximum absolute atomic E-state index is 12.5. The number of carbonyl (C=O) groups is 1. The van der Waals surface area contributed by atoms with E-state index in [4.69, 9.17) is 0 Å². The van der Waals surface area contributed by atoms with Crippen LogP contribution in [-0.2, 0) is 11.0 Å². The molecule has 0 aliphatic carbocycles. The molecule has 0 aromatic heterocycles. The van der Waals surface area contributed by atoms with Gasteiger partial charge in [-0.1, -0.05) is 46.3 Å². The van der Waals surface area contributed by atoms with Crippen LogP contribution in [0.2, 0.25) is 0 Å². The van der Waals surface area contributed by atoms with Gasteiger partial charge < -0.3 is 4.90 Å². The molecule has 0 radical (unpaired) electrons. The minimum absolute atomic E-state index is 0.160. The van der Waals surface area contributed by atoms with Gasteiger partial charge in [-0.05, 0) is 24.3 Å². The van der Waals surface area contributed by atoms with Gasteiger partial charge in [0.05, 0.1) is 4.90 Å². The number of Topliss-reactive ketones (excluding diaryl/α,β-unsaturated/α-hetero) is 1. The molecule has 0 saturated heterocycles. The van der Waals surface area contributed by atoms with E-state index >= 15 is 0 Å². The molecule has 2 aromatic rings. The molecule has 0 bridgehead atoms. The van der Waals surface area contributed by atoms with E-state index in [-0.39, 0.29) is 11.6 Å². The van der Waals surface area contributed by atoms with Gasteiger partial charge in [0.15, 0.2) is 16.8 Å². The van der Waals surface area contributed by atoms with Crippen molar-refractivity contribution >= 4 is 38.5 Å². The van der Waals surface area contributed by atoms with E-state index in [1.54, 1.807) is 67.5 Å². The lowest BCUT2D eigenvalue weighted by Crippen LogP contribution is -2.30. The predicted molar refractivity (Wildman–Crippen MR) is 92.4 cm³/mol. The Morgan fingerprint density at radius 1 is 1.05 bits per heavy atom. The monoisotopic (exact) mass is 378 g/mol. The number of benzene rings is 2. The van der Waals surface area contributed by atoms with E-state index in [9.17, 15) is 9.00 Å². The summed E-state index contributed by atoms with van der Waals surface area (Å²) in [5, 5.41) is 0. The first kappa shape index (κ1) is 16.6. The molecule has 0 heterocycles. The van der Waals surface area contributed by atoms with Crippen molar-refractivity contribution in [1.82, 2.24) is 4.90 Å². The molecular weight excluding hydrogens is 364 g/mol. The molecule has 2 aromatic carbocycles. The van der Waals surface area contributed by atoms with Gasteiger partial charge in [0.1, 0.15) is 0 Å². The van der Waals surface area contributed by atoms with Gasteiger partial charge >= 0.3 is 0 Å². The minimum atomic E-state index is -1.63. The van der Waals surface area contributed by atoms with Crippen LogP contribution in [0.15, 0.2) is 68.4 Å². The zero-order valence-corrected chi connectivity index (χ0v) is 14.6. The van der Waals surface area contributed by atoms with Gasteiger partial charge in [-0.2, -0.15) is 4.40 Å². The number of likely N-dealkylation sites (N-methyl/N-ethyl adjacent to an activating group) is 1. The Morgan fingerprint density at radius 2 is 1.64 bits per heavy atom. The lowest BCUT2D eigenvalue weighted by molar-refractivity contribution is 0.105. The summed E-state index contributed by atoms with van der Waals surface area (Å²) in [6, 6.07) is 15.8. The molecule has 0 spiro atoms. The highest BCUT2D eigenvalue weighted by molar-refractivity contribution is 9.10. The van der Waals surface area contributed by atoms with Crippen molar-refractivity contribution in [2.24, 2.45) is 4.40 Å².